The number of aliphatic hydroxyl groups is 1. The zero-order valence-corrected chi connectivity index (χ0v) is 10.2. The topological polar surface area (TPSA) is 114 Å². The monoisotopic (exact) mass is 255 g/mol. The van der Waals surface area contributed by atoms with Crippen molar-refractivity contribution in [2.75, 3.05) is 6.54 Å². The number of nitriles is 1. The molecule has 7 heteroatoms. The van der Waals surface area contributed by atoms with Crippen LogP contribution in [0.15, 0.2) is 0 Å². The molecule has 3 N–H and O–H groups in total. The number of hydrogen-bond acceptors (Lipinski definition) is 4. The first-order valence-electron chi connectivity index (χ1n) is 5.82. The van der Waals surface area contributed by atoms with E-state index in [0.29, 0.717) is 0 Å². The first-order valence-corrected chi connectivity index (χ1v) is 5.82. The van der Waals surface area contributed by atoms with E-state index in [-0.39, 0.29) is 19.0 Å². The Hall–Kier alpha value is -1.81. The fraction of sp³-hybridized carbons (Fsp3) is 0.727. The fourth-order valence-electron chi connectivity index (χ4n) is 1.61. The van der Waals surface area contributed by atoms with Crippen molar-refractivity contribution in [1.29, 1.82) is 5.26 Å². The summed E-state index contributed by atoms with van der Waals surface area (Å²) in [6.45, 7) is 1.58. The lowest BCUT2D eigenvalue weighted by molar-refractivity contribution is -0.141. The minimum atomic E-state index is -1.33. The van der Waals surface area contributed by atoms with E-state index in [1.807, 2.05) is 6.07 Å². The van der Waals surface area contributed by atoms with Crippen LogP contribution < -0.4 is 5.32 Å². The molecule has 0 aromatic rings. The lowest BCUT2D eigenvalue weighted by Gasteiger charge is -2.25. The molecule has 0 aromatic heterocycles. The molecular formula is C11H17N3O4. The van der Waals surface area contributed by atoms with Crippen molar-refractivity contribution in [3.05, 3.63) is 0 Å². The highest BCUT2D eigenvalue weighted by molar-refractivity contribution is 5.83. The second kappa shape index (κ2) is 6.21. The molecule has 1 saturated carbocycles. The summed E-state index contributed by atoms with van der Waals surface area (Å²) in [6.07, 6.45) is 0.760. The van der Waals surface area contributed by atoms with E-state index in [2.05, 4.69) is 5.32 Å². The van der Waals surface area contributed by atoms with E-state index in [0.717, 1.165) is 12.8 Å². The number of carbonyl (C=O) groups is 2. The number of nitrogens with zero attached hydrogens (tertiary/aromatic N) is 2. The van der Waals surface area contributed by atoms with E-state index < -0.39 is 24.1 Å². The number of carbonyl (C=O) groups excluding carboxylic acids is 1. The third-order valence-electron chi connectivity index (χ3n) is 2.74. The molecule has 1 aliphatic carbocycles. The Labute approximate surface area is 105 Å². The average molecular weight is 255 g/mol. The molecule has 7 nitrogen and oxygen atoms in total. The van der Waals surface area contributed by atoms with Gasteiger partial charge in [0.15, 0.2) is 6.04 Å². The Morgan fingerprint density at radius 3 is 2.56 bits per heavy atom. The van der Waals surface area contributed by atoms with Crippen molar-refractivity contribution in [3.8, 4) is 6.07 Å². The van der Waals surface area contributed by atoms with Crippen LogP contribution in [0.2, 0.25) is 0 Å². The van der Waals surface area contributed by atoms with Gasteiger partial charge in [-0.1, -0.05) is 0 Å². The second-order valence-corrected chi connectivity index (χ2v) is 4.34. The molecule has 100 valence electrons. The fourth-order valence-corrected chi connectivity index (χ4v) is 1.61. The van der Waals surface area contributed by atoms with Gasteiger partial charge in [0, 0.05) is 12.6 Å². The Morgan fingerprint density at radius 1 is 1.56 bits per heavy atom. The molecule has 1 rings (SSSR count). The average Bonchev–Trinajstić information content (AvgIpc) is 3.09. The van der Waals surface area contributed by atoms with Crippen molar-refractivity contribution in [3.63, 3.8) is 0 Å². The lowest BCUT2D eigenvalue weighted by atomic mass is 10.2. The lowest BCUT2D eigenvalue weighted by Crippen LogP contribution is -2.53. The molecule has 0 aliphatic heterocycles. The maximum atomic E-state index is 11.9. The largest absolute Gasteiger partial charge is 0.480 e. The number of carboxylic acid groups (broad SMARTS) is 1. The predicted octanol–water partition coefficient (Wildman–Crippen LogP) is -0.0919. The third-order valence-corrected chi connectivity index (χ3v) is 2.74. The summed E-state index contributed by atoms with van der Waals surface area (Å²) < 4.78 is 0. The number of hydrogen-bond donors (Lipinski definition) is 3. The summed E-state index contributed by atoms with van der Waals surface area (Å²) in [4.78, 5) is 24.2. The number of urea groups is 1. The number of amides is 2. The van der Waals surface area contributed by atoms with Crippen LogP contribution in [0.25, 0.3) is 0 Å². The van der Waals surface area contributed by atoms with E-state index >= 15 is 0 Å². The summed E-state index contributed by atoms with van der Waals surface area (Å²) in [5.41, 5.74) is 0. The molecule has 2 atom stereocenters. The smallest absolute Gasteiger partial charge is 0.328 e. The molecule has 0 aromatic carbocycles. The zero-order valence-electron chi connectivity index (χ0n) is 10.2. The highest BCUT2D eigenvalue weighted by Gasteiger charge is 2.34. The van der Waals surface area contributed by atoms with Gasteiger partial charge in [0.2, 0.25) is 0 Å². The molecular weight excluding hydrogens is 238 g/mol. The van der Waals surface area contributed by atoms with Crippen LogP contribution in [0.1, 0.15) is 26.2 Å². The number of nitrogens with one attached hydrogen (secondary N) is 1. The quantitative estimate of drug-likeness (QED) is 0.613. The van der Waals surface area contributed by atoms with Crippen LogP contribution in [0.4, 0.5) is 4.79 Å². The van der Waals surface area contributed by atoms with Gasteiger partial charge in [0.25, 0.3) is 0 Å². The van der Waals surface area contributed by atoms with E-state index in [4.69, 9.17) is 10.4 Å². The summed E-state index contributed by atoms with van der Waals surface area (Å²) in [5.74, 6) is -1.28. The Bertz CT molecular complexity index is 360. The molecule has 1 fully saturated rings. The molecule has 0 heterocycles. The van der Waals surface area contributed by atoms with Gasteiger partial charge < -0.3 is 20.4 Å². The maximum Gasteiger partial charge on any atom is 0.328 e. The van der Waals surface area contributed by atoms with E-state index in [9.17, 15) is 14.7 Å². The molecule has 1 aliphatic rings. The number of aliphatic hydroxyl groups excluding tert-OH is 1. The molecule has 0 spiro atoms. The summed E-state index contributed by atoms with van der Waals surface area (Å²) in [5, 5.41) is 28.9. The van der Waals surface area contributed by atoms with Gasteiger partial charge >= 0.3 is 12.0 Å². The van der Waals surface area contributed by atoms with E-state index in [1.165, 1.54) is 11.8 Å². The molecule has 18 heavy (non-hydrogen) atoms. The van der Waals surface area contributed by atoms with Crippen molar-refractivity contribution in [2.24, 2.45) is 0 Å². The van der Waals surface area contributed by atoms with Crippen LogP contribution in [-0.2, 0) is 4.79 Å². The maximum absolute atomic E-state index is 11.9. The Morgan fingerprint density at radius 2 is 2.17 bits per heavy atom. The molecule has 0 bridgehead atoms. The minimum Gasteiger partial charge on any atom is -0.480 e. The van der Waals surface area contributed by atoms with Crippen LogP contribution in [0.5, 0.6) is 0 Å². The van der Waals surface area contributed by atoms with Gasteiger partial charge in [0.1, 0.15) is 0 Å². The molecule has 0 saturated heterocycles. The van der Waals surface area contributed by atoms with E-state index in [1.54, 1.807) is 0 Å². The van der Waals surface area contributed by atoms with Gasteiger partial charge in [-0.2, -0.15) is 5.26 Å². The van der Waals surface area contributed by atoms with Gasteiger partial charge in [-0.05, 0) is 19.8 Å². The second-order valence-electron chi connectivity index (χ2n) is 4.34. The molecule has 0 radical (unpaired) electrons. The van der Waals surface area contributed by atoms with Crippen molar-refractivity contribution < 1.29 is 19.8 Å². The van der Waals surface area contributed by atoms with Gasteiger partial charge in [0.05, 0.1) is 18.6 Å². The van der Waals surface area contributed by atoms with Gasteiger partial charge in [-0.25, -0.2) is 9.59 Å². The molecule has 0 unspecified atom stereocenters. The van der Waals surface area contributed by atoms with Gasteiger partial charge in [-0.3, -0.25) is 0 Å². The number of rotatable bonds is 6. The first kappa shape index (κ1) is 14.3. The molecule has 2 amide bonds. The summed E-state index contributed by atoms with van der Waals surface area (Å²) in [7, 11) is 0. The zero-order chi connectivity index (χ0) is 13.7. The Kier molecular flexibility index (Phi) is 4.92. The highest BCUT2D eigenvalue weighted by atomic mass is 16.4. The number of aliphatic carboxylic acids is 1. The van der Waals surface area contributed by atoms with Crippen LogP contribution in [0.3, 0.4) is 0 Å². The Balaban J connectivity index is 2.60. The SMILES string of the molecule is C[C@@H](O)[C@H](NC(=O)N(CCC#N)C1CC1)C(=O)O. The highest BCUT2D eigenvalue weighted by Crippen LogP contribution is 2.26. The minimum absolute atomic E-state index is 0.0850. The van der Waals surface area contributed by atoms with Crippen LogP contribution in [-0.4, -0.2) is 51.8 Å². The summed E-state index contributed by atoms with van der Waals surface area (Å²) >= 11 is 0. The standard InChI is InChI=1S/C11H17N3O4/c1-7(15)9(10(16)17)13-11(18)14(6-2-5-12)8-3-4-8/h7-9,15H,2-4,6H2,1H3,(H,13,18)(H,16,17)/t7-,9+/m1/s1. The van der Waals surface area contributed by atoms with Crippen LogP contribution in [0, 0.1) is 11.3 Å². The van der Waals surface area contributed by atoms with Crippen LogP contribution >= 0.6 is 0 Å². The van der Waals surface area contributed by atoms with Crippen molar-refractivity contribution in [2.45, 2.75) is 44.4 Å². The van der Waals surface area contributed by atoms with Gasteiger partial charge in [-0.15, -0.1) is 0 Å². The summed E-state index contributed by atoms with van der Waals surface area (Å²) in [6, 6.07) is 0.159. The first-order chi connectivity index (χ1) is 8.47. The predicted molar refractivity (Wildman–Crippen MR) is 61.6 cm³/mol. The third kappa shape index (κ3) is 3.89. The van der Waals surface area contributed by atoms with Crippen molar-refractivity contribution in [1.82, 2.24) is 10.2 Å². The van der Waals surface area contributed by atoms with Crippen molar-refractivity contribution >= 4 is 12.0 Å². The number of carboxylic acids is 1. The normalized spacial score (nSPS) is 17.4.